The Morgan fingerprint density at radius 1 is 1.15 bits per heavy atom. The Kier molecular flexibility index (Phi) is 10.2. The molecule has 0 saturated heterocycles. The zero-order valence-corrected chi connectivity index (χ0v) is 24.0. The molecule has 0 aliphatic carbocycles. The normalized spacial score (nSPS) is 11.1. The van der Waals surface area contributed by atoms with Crippen LogP contribution in [0.3, 0.4) is 0 Å². The summed E-state index contributed by atoms with van der Waals surface area (Å²) in [6.45, 7) is 3.22. The summed E-state index contributed by atoms with van der Waals surface area (Å²) in [6.07, 6.45) is -3.65. The maximum atomic E-state index is 14.3. The minimum absolute atomic E-state index is 0.169. The van der Waals surface area contributed by atoms with Gasteiger partial charge in [-0.1, -0.05) is 34.3 Å². The molecule has 2 aromatic carbocycles. The molecule has 0 bridgehead atoms. The van der Waals surface area contributed by atoms with E-state index >= 15 is 0 Å². The summed E-state index contributed by atoms with van der Waals surface area (Å²) < 4.78 is 62.3. The Labute approximate surface area is 242 Å². The van der Waals surface area contributed by atoms with Crippen molar-refractivity contribution < 1.29 is 31.9 Å². The van der Waals surface area contributed by atoms with E-state index in [1.165, 1.54) is 6.20 Å². The number of nitrogens with one attached hydrogen (secondary N) is 2. The fourth-order valence-electron chi connectivity index (χ4n) is 3.16. The van der Waals surface area contributed by atoms with Crippen molar-refractivity contribution in [2.75, 3.05) is 10.6 Å². The van der Waals surface area contributed by atoms with Gasteiger partial charge in [-0.15, -0.1) is 5.10 Å². The van der Waals surface area contributed by atoms with Crippen molar-refractivity contribution in [3.05, 3.63) is 75.2 Å². The number of benzene rings is 2. The molecule has 9 nitrogen and oxygen atoms in total. The van der Waals surface area contributed by atoms with Gasteiger partial charge in [-0.05, 0) is 54.0 Å². The van der Waals surface area contributed by atoms with Gasteiger partial charge in [0.2, 0.25) is 0 Å². The van der Waals surface area contributed by atoms with Crippen LogP contribution in [0.5, 0.6) is 0 Å². The van der Waals surface area contributed by atoms with Gasteiger partial charge in [0.05, 0.1) is 27.4 Å². The molecule has 4 aromatic rings. The maximum Gasteiger partial charge on any atom is 0.434 e. The summed E-state index contributed by atoms with van der Waals surface area (Å²) in [5.74, 6) is -1.73. The number of nitrogens with zero attached hydrogens (tertiary/aromatic N) is 4. The van der Waals surface area contributed by atoms with Crippen LogP contribution in [0.25, 0.3) is 11.3 Å². The lowest BCUT2D eigenvalue weighted by Crippen LogP contribution is -2.18. The summed E-state index contributed by atoms with van der Waals surface area (Å²) in [5, 5.41) is 13.0. The Bertz CT molecular complexity index is 1480. The largest absolute Gasteiger partial charge is 0.459 e. The first-order valence-electron chi connectivity index (χ1n) is 11.2. The van der Waals surface area contributed by atoms with Crippen LogP contribution in [0.4, 0.5) is 33.0 Å². The van der Waals surface area contributed by atoms with Gasteiger partial charge in [0.1, 0.15) is 16.5 Å². The number of carbonyl (C=O) groups is 2. The number of hydrogen-bond acceptors (Lipinski definition) is 7. The molecule has 0 unspecified atom stereocenters. The van der Waals surface area contributed by atoms with Crippen LogP contribution in [0.15, 0.2) is 53.1 Å². The van der Waals surface area contributed by atoms with Crippen molar-refractivity contribution in [3.8, 4) is 11.3 Å². The van der Waals surface area contributed by atoms with E-state index in [1.807, 2.05) is 30.3 Å². The van der Waals surface area contributed by atoms with Crippen LogP contribution in [0.1, 0.15) is 29.9 Å². The highest BCUT2D eigenvalue weighted by Crippen LogP contribution is 2.41. The zero-order chi connectivity index (χ0) is 29.6. The highest BCUT2D eigenvalue weighted by molar-refractivity contribution is 9.10. The number of aryl methyl sites for hydroxylation is 1. The number of halogens is 6. The Balaban J connectivity index is 0.000000249. The van der Waals surface area contributed by atoms with Crippen molar-refractivity contribution in [2.24, 2.45) is 7.05 Å². The van der Waals surface area contributed by atoms with Crippen LogP contribution in [-0.2, 0) is 18.0 Å². The number of para-hydroxylation sites is 1. The maximum absolute atomic E-state index is 14.3. The van der Waals surface area contributed by atoms with Crippen LogP contribution < -0.4 is 10.6 Å². The number of ether oxygens (including phenoxy) is 1. The number of hydrogen-bond donors (Lipinski definition) is 2. The van der Waals surface area contributed by atoms with Gasteiger partial charge >= 0.3 is 18.2 Å². The molecule has 40 heavy (non-hydrogen) atoms. The number of urea groups is 1. The molecule has 4 rings (SSSR count). The Hall–Kier alpha value is -3.56. The number of amides is 2. The number of carbonyl (C=O) groups excluding carboxylic acids is 2. The Morgan fingerprint density at radius 2 is 1.82 bits per heavy atom. The van der Waals surface area contributed by atoms with E-state index in [2.05, 4.69) is 41.2 Å². The van der Waals surface area contributed by atoms with Gasteiger partial charge < -0.3 is 10.1 Å². The molecule has 2 amide bonds. The van der Waals surface area contributed by atoms with E-state index in [4.69, 9.17) is 16.3 Å². The molecule has 2 aromatic heterocycles. The molecule has 16 heteroatoms. The van der Waals surface area contributed by atoms with Crippen molar-refractivity contribution in [1.29, 1.82) is 0 Å². The summed E-state index contributed by atoms with van der Waals surface area (Å²) in [6, 6.07) is 10.8. The van der Waals surface area contributed by atoms with E-state index < -0.39 is 34.2 Å². The SMILES string of the molecule is CC(C)OC(=O)c1cc(-c2nn(C)c(C(F)(F)F)c2Br)c(F)cc1Cl.O=C(Nc1ccccc1)Nc1cnns1. The van der Waals surface area contributed by atoms with E-state index in [0.29, 0.717) is 9.68 Å². The highest BCUT2D eigenvalue weighted by Gasteiger charge is 2.39. The number of anilines is 2. The molecule has 0 saturated carbocycles. The quantitative estimate of drug-likeness (QED) is 0.170. The molecular formula is C24H20BrClF4N6O3S. The standard InChI is InChI=1S/C15H12BrClF4N2O2.C9H8N4OS/c1-6(2)25-14(24)7-4-8(10(18)5-9(7)17)12-11(16)13(15(19,20)21)23(3)22-12;14-9(12-8-6-10-13-15-8)11-7-4-2-1-3-5-7/h4-6H,1-3H3;1-6H,(H2,11,12,14). The first-order valence-corrected chi connectivity index (χ1v) is 13.1. The van der Waals surface area contributed by atoms with E-state index in [1.54, 1.807) is 13.8 Å². The minimum atomic E-state index is -4.69. The number of aromatic nitrogens is 4. The van der Waals surface area contributed by atoms with Gasteiger partial charge in [-0.2, -0.15) is 18.3 Å². The summed E-state index contributed by atoms with van der Waals surface area (Å²) in [7, 11) is 1.08. The molecule has 0 aliphatic heterocycles. The second-order valence-electron chi connectivity index (χ2n) is 8.13. The summed E-state index contributed by atoms with van der Waals surface area (Å²) in [5.41, 5.74) is -1.12. The van der Waals surface area contributed by atoms with Gasteiger partial charge in [0.25, 0.3) is 0 Å². The van der Waals surface area contributed by atoms with Crippen LogP contribution in [0.2, 0.25) is 5.02 Å². The van der Waals surface area contributed by atoms with Gasteiger partial charge in [0.15, 0.2) is 5.69 Å². The molecule has 0 radical (unpaired) electrons. The number of esters is 1. The molecule has 212 valence electrons. The molecule has 2 heterocycles. The van der Waals surface area contributed by atoms with Gasteiger partial charge in [0, 0.05) is 29.8 Å². The van der Waals surface area contributed by atoms with Crippen molar-refractivity contribution in [1.82, 2.24) is 19.4 Å². The van der Waals surface area contributed by atoms with E-state index in [9.17, 15) is 27.2 Å². The first-order chi connectivity index (χ1) is 18.8. The van der Waals surface area contributed by atoms with Gasteiger partial charge in [-0.25, -0.2) is 14.0 Å². The van der Waals surface area contributed by atoms with Crippen molar-refractivity contribution in [2.45, 2.75) is 26.1 Å². The molecule has 0 atom stereocenters. The van der Waals surface area contributed by atoms with Crippen molar-refractivity contribution >= 4 is 61.8 Å². The van der Waals surface area contributed by atoms with Crippen LogP contribution in [0, 0.1) is 5.82 Å². The minimum Gasteiger partial charge on any atom is -0.459 e. The highest BCUT2D eigenvalue weighted by atomic mass is 79.9. The van der Waals surface area contributed by atoms with Crippen LogP contribution in [-0.4, -0.2) is 37.5 Å². The zero-order valence-electron chi connectivity index (χ0n) is 20.9. The lowest BCUT2D eigenvalue weighted by molar-refractivity contribution is -0.144. The average Bonchev–Trinajstić information content (AvgIpc) is 3.46. The molecule has 0 aliphatic rings. The lowest BCUT2D eigenvalue weighted by Gasteiger charge is -2.11. The first kappa shape index (κ1) is 31.0. The molecule has 0 spiro atoms. The fourth-order valence-corrected chi connectivity index (χ4v) is 4.58. The molecule has 2 N–H and O–H groups in total. The second-order valence-corrected chi connectivity index (χ2v) is 10.1. The predicted octanol–water partition coefficient (Wildman–Crippen LogP) is 7.41. The van der Waals surface area contributed by atoms with Crippen molar-refractivity contribution in [3.63, 3.8) is 0 Å². The monoisotopic (exact) mass is 662 g/mol. The number of rotatable bonds is 5. The molecule has 0 fully saturated rings. The fraction of sp³-hybridized carbons (Fsp3) is 0.208. The third-order valence-corrected chi connectivity index (χ3v) is 6.41. The third-order valence-electron chi connectivity index (χ3n) is 4.76. The summed E-state index contributed by atoms with van der Waals surface area (Å²) >= 11 is 9.80. The Morgan fingerprint density at radius 3 is 2.38 bits per heavy atom. The predicted molar refractivity (Wildman–Crippen MR) is 146 cm³/mol. The third kappa shape index (κ3) is 7.99. The van der Waals surface area contributed by atoms with E-state index in [-0.39, 0.29) is 27.9 Å². The number of alkyl halides is 3. The molecular weight excluding hydrogens is 644 g/mol. The summed E-state index contributed by atoms with van der Waals surface area (Å²) in [4.78, 5) is 23.4. The smallest absolute Gasteiger partial charge is 0.434 e. The average molecular weight is 664 g/mol. The van der Waals surface area contributed by atoms with Gasteiger partial charge in [-0.3, -0.25) is 10.00 Å². The lowest BCUT2D eigenvalue weighted by atomic mass is 10.1. The second kappa shape index (κ2) is 13.2. The van der Waals surface area contributed by atoms with E-state index in [0.717, 1.165) is 36.4 Å². The van der Waals surface area contributed by atoms with Crippen LogP contribution >= 0.6 is 39.1 Å². The topological polar surface area (TPSA) is 111 Å².